The summed E-state index contributed by atoms with van der Waals surface area (Å²) in [4.78, 5) is 14.4. The molecular weight excluding hydrogens is 336 g/mol. The zero-order valence-corrected chi connectivity index (χ0v) is 15.3. The van der Waals surface area contributed by atoms with Crippen LogP contribution in [0.3, 0.4) is 0 Å². The molecule has 4 rings (SSSR count). The van der Waals surface area contributed by atoms with Crippen molar-refractivity contribution in [3.8, 4) is 0 Å². The highest BCUT2D eigenvalue weighted by Crippen LogP contribution is 2.50. The number of rotatable bonds is 4. The van der Waals surface area contributed by atoms with Crippen molar-refractivity contribution in [3.63, 3.8) is 0 Å². The van der Waals surface area contributed by atoms with Crippen molar-refractivity contribution in [2.75, 3.05) is 13.1 Å². The number of likely N-dealkylation sites (tertiary alicyclic amines) is 1. The van der Waals surface area contributed by atoms with Gasteiger partial charge < -0.3 is 10.0 Å². The van der Waals surface area contributed by atoms with Gasteiger partial charge in [0.15, 0.2) is 0 Å². The van der Waals surface area contributed by atoms with Crippen LogP contribution >= 0.6 is 0 Å². The van der Waals surface area contributed by atoms with Gasteiger partial charge in [0.05, 0.1) is 5.60 Å². The molecule has 3 aliphatic rings. The molecule has 5 heteroatoms. The zero-order valence-electron chi connectivity index (χ0n) is 15.3. The number of carbonyl (C=O) groups is 1. The van der Waals surface area contributed by atoms with Crippen LogP contribution in [-0.4, -0.2) is 34.6 Å². The molecule has 1 aromatic rings. The quantitative estimate of drug-likeness (QED) is 0.880. The van der Waals surface area contributed by atoms with E-state index in [1.807, 2.05) is 17.0 Å². The molecule has 0 aromatic heterocycles. The smallest absolute Gasteiger partial charge is 0.263 e. The Balaban J connectivity index is 1.26. The minimum Gasteiger partial charge on any atom is -0.390 e. The second-order valence-corrected chi connectivity index (χ2v) is 9.15. The van der Waals surface area contributed by atoms with Gasteiger partial charge in [0.25, 0.3) is 6.43 Å². The molecular formula is C21H27F2NO2. The lowest BCUT2D eigenvalue weighted by Gasteiger charge is -2.52. The minimum absolute atomic E-state index is 0.00731. The molecule has 26 heavy (non-hydrogen) atoms. The SMILES string of the molecule is CC1(O)CC(C(=O)N2CC3(CC[C@H](Cc4ccc(C(F)F)cc4)C3)C2)C1. The number of amides is 1. The second kappa shape index (κ2) is 6.29. The third-order valence-electron chi connectivity index (χ3n) is 6.65. The Morgan fingerprint density at radius 2 is 1.88 bits per heavy atom. The van der Waals surface area contributed by atoms with Gasteiger partial charge in [-0.3, -0.25) is 4.79 Å². The molecule has 1 saturated heterocycles. The zero-order chi connectivity index (χ0) is 18.5. The van der Waals surface area contributed by atoms with Crippen molar-refractivity contribution in [3.05, 3.63) is 35.4 Å². The van der Waals surface area contributed by atoms with Crippen LogP contribution in [0.4, 0.5) is 8.78 Å². The molecule has 0 radical (unpaired) electrons. The molecule has 0 bridgehead atoms. The number of carbonyl (C=O) groups excluding carboxylic acids is 1. The fourth-order valence-corrected chi connectivity index (χ4v) is 5.27. The van der Waals surface area contributed by atoms with Crippen LogP contribution < -0.4 is 0 Å². The van der Waals surface area contributed by atoms with Crippen LogP contribution in [0.1, 0.15) is 56.6 Å². The number of halogens is 2. The van der Waals surface area contributed by atoms with E-state index in [-0.39, 0.29) is 22.8 Å². The van der Waals surface area contributed by atoms with Gasteiger partial charge >= 0.3 is 0 Å². The van der Waals surface area contributed by atoms with E-state index in [1.54, 1.807) is 6.92 Å². The average molecular weight is 363 g/mol. The molecule has 1 amide bonds. The van der Waals surface area contributed by atoms with E-state index in [4.69, 9.17) is 0 Å². The summed E-state index contributed by atoms with van der Waals surface area (Å²) < 4.78 is 25.3. The highest BCUT2D eigenvalue weighted by atomic mass is 19.3. The number of benzene rings is 1. The van der Waals surface area contributed by atoms with E-state index in [0.29, 0.717) is 18.8 Å². The minimum atomic E-state index is -2.41. The Hall–Kier alpha value is -1.49. The lowest BCUT2D eigenvalue weighted by atomic mass is 9.69. The van der Waals surface area contributed by atoms with E-state index >= 15 is 0 Å². The summed E-state index contributed by atoms with van der Waals surface area (Å²) in [5.74, 6) is 0.801. The maximum absolute atomic E-state index is 12.6. The Labute approximate surface area is 153 Å². The van der Waals surface area contributed by atoms with E-state index in [2.05, 4.69) is 0 Å². The molecule has 2 aliphatic carbocycles. The van der Waals surface area contributed by atoms with Crippen LogP contribution in [0.5, 0.6) is 0 Å². The molecule has 1 heterocycles. The highest BCUT2D eigenvalue weighted by Gasteiger charge is 2.52. The van der Waals surface area contributed by atoms with E-state index in [1.165, 1.54) is 12.1 Å². The summed E-state index contributed by atoms with van der Waals surface area (Å²) in [5.41, 5.74) is 0.830. The molecule has 3 fully saturated rings. The first-order valence-electron chi connectivity index (χ1n) is 9.64. The van der Waals surface area contributed by atoms with Crippen LogP contribution in [0.25, 0.3) is 0 Å². The van der Waals surface area contributed by atoms with Crippen LogP contribution in [0.15, 0.2) is 24.3 Å². The van der Waals surface area contributed by atoms with Crippen molar-refractivity contribution in [1.29, 1.82) is 0 Å². The molecule has 142 valence electrons. The number of hydrogen-bond acceptors (Lipinski definition) is 2. The molecule has 1 N–H and O–H groups in total. The lowest BCUT2D eigenvalue weighted by molar-refractivity contribution is -0.161. The Bertz CT molecular complexity index is 672. The fourth-order valence-electron chi connectivity index (χ4n) is 5.27. The molecule has 1 spiro atoms. The summed E-state index contributed by atoms with van der Waals surface area (Å²) in [7, 11) is 0. The molecule has 0 unspecified atom stereocenters. The Morgan fingerprint density at radius 3 is 2.46 bits per heavy atom. The van der Waals surface area contributed by atoms with Crippen LogP contribution in [0, 0.1) is 17.3 Å². The molecule has 1 aromatic carbocycles. The van der Waals surface area contributed by atoms with Crippen LogP contribution in [0.2, 0.25) is 0 Å². The number of aliphatic hydroxyl groups is 1. The standard InChI is InChI=1S/C21H27F2NO2/c1-20(26)10-17(11-20)19(25)24-12-21(13-24)7-6-15(9-21)8-14-2-4-16(5-3-14)18(22)23/h2-5,15,17-18,26H,6-13H2,1H3/t15-,17?,20?/m1/s1. The third-order valence-corrected chi connectivity index (χ3v) is 6.65. The van der Waals surface area contributed by atoms with Crippen molar-refractivity contribution in [1.82, 2.24) is 4.90 Å². The summed E-state index contributed by atoms with van der Waals surface area (Å²) in [5, 5.41) is 9.82. The maximum atomic E-state index is 12.6. The topological polar surface area (TPSA) is 40.5 Å². The predicted molar refractivity (Wildman–Crippen MR) is 94.8 cm³/mol. The summed E-state index contributed by atoms with van der Waals surface area (Å²) >= 11 is 0. The van der Waals surface area contributed by atoms with Gasteiger partial charge in [-0.15, -0.1) is 0 Å². The molecule has 2 saturated carbocycles. The van der Waals surface area contributed by atoms with Crippen LogP contribution in [-0.2, 0) is 11.2 Å². The van der Waals surface area contributed by atoms with Gasteiger partial charge in [0.1, 0.15) is 0 Å². The number of alkyl halides is 2. The molecule has 1 aliphatic heterocycles. The first kappa shape index (κ1) is 17.9. The lowest BCUT2D eigenvalue weighted by Crippen LogP contribution is -2.61. The Morgan fingerprint density at radius 1 is 1.23 bits per heavy atom. The van der Waals surface area contributed by atoms with Gasteiger partial charge in [-0.05, 0) is 56.9 Å². The predicted octanol–water partition coefficient (Wildman–Crippen LogP) is 3.96. The van der Waals surface area contributed by atoms with Gasteiger partial charge in [-0.25, -0.2) is 8.78 Å². The normalized spacial score (nSPS) is 32.6. The summed E-state index contributed by atoms with van der Waals surface area (Å²) in [6.45, 7) is 3.50. The van der Waals surface area contributed by atoms with Gasteiger partial charge in [0.2, 0.25) is 5.91 Å². The van der Waals surface area contributed by atoms with Crippen molar-refractivity contribution >= 4 is 5.91 Å². The van der Waals surface area contributed by atoms with E-state index in [9.17, 15) is 18.7 Å². The largest absolute Gasteiger partial charge is 0.390 e. The molecule has 3 nitrogen and oxygen atoms in total. The maximum Gasteiger partial charge on any atom is 0.263 e. The monoisotopic (exact) mass is 363 g/mol. The fraction of sp³-hybridized carbons (Fsp3) is 0.667. The first-order chi connectivity index (χ1) is 12.3. The second-order valence-electron chi connectivity index (χ2n) is 9.15. The Kier molecular flexibility index (Phi) is 4.33. The number of nitrogens with zero attached hydrogens (tertiary/aromatic N) is 1. The van der Waals surface area contributed by atoms with E-state index < -0.39 is 12.0 Å². The third kappa shape index (κ3) is 3.38. The van der Waals surface area contributed by atoms with Gasteiger partial charge in [0, 0.05) is 30.0 Å². The first-order valence-corrected chi connectivity index (χ1v) is 9.64. The summed E-state index contributed by atoms with van der Waals surface area (Å²) in [6.07, 6.45) is 3.13. The van der Waals surface area contributed by atoms with Gasteiger partial charge in [-0.2, -0.15) is 0 Å². The van der Waals surface area contributed by atoms with Gasteiger partial charge in [-0.1, -0.05) is 24.3 Å². The van der Waals surface area contributed by atoms with Crippen molar-refractivity contribution in [2.45, 2.75) is 57.5 Å². The van der Waals surface area contributed by atoms with E-state index in [0.717, 1.165) is 44.3 Å². The average Bonchev–Trinajstić information content (AvgIpc) is 2.95. The van der Waals surface area contributed by atoms with Crippen molar-refractivity contribution in [2.24, 2.45) is 17.3 Å². The summed E-state index contributed by atoms with van der Waals surface area (Å²) in [6, 6.07) is 6.71. The molecule has 1 atom stereocenters. The highest BCUT2D eigenvalue weighted by molar-refractivity contribution is 5.81. The number of hydrogen-bond donors (Lipinski definition) is 1. The van der Waals surface area contributed by atoms with Crippen molar-refractivity contribution < 1.29 is 18.7 Å².